The zero-order chi connectivity index (χ0) is 19.1. The van der Waals surface area contributed by atoms with Crippen molar-refractivity contribution in [3.05, 3.63) is 27.3 Å². The van der Waals surface area contributed by atoms with Gasteiger partial charge in [0.25, 0.3) is 5.91 Å². The van der Waals surface area contributed by atoms with Crippen molar-refractivity contribution in [3.8, 4) is 5.75 Å². The molecule has 0 bridgehead atoms. The Bertz CT molecular complexity index is 725. The molecule has 3 rings (SSSR count). The number of carbonyl (C=O) groups excluding carboxylic acids is 2. The molecule has 7 heteroatoms. The maximum absolute atomic E-state index is 13.1. The van der Waals surface area contributed by atoms with Crippen LogP contribution in [0.3, 0.4) is 0 Å². The second-order valence-corrected chi connectivity index (χ2v) is 9.09. The topological polar surface area (TPSA) is 59.1 Å². The van der Waals surface area contributed by atoms with Gasteiger partial charge in [-0.15, -0.1) is 0 Å². The normalized spacial score (nSPS) is 18.7. The highest BCUT2D eigenvalue weighted by Crippen LogP contribution is 2.45. The highest BCUT2D eigenvalue weighted by Gasteiger charge is 2.54. The Hall–Kier alpha value is -1.51. The Balaban J connectivity index is 1.73. The van der Waals surface area contributed by atoms with Gasteiger partial charge in [0.2, 0.25) is 0 Å². The molecular weight excluding hydrogens is 447 g/mol. The molecule has 1 aliphatic heterocycles. The summed E-state index contributed by atoms with van der Waals surface area (Å²) in [5, 5.41) is 0. The molecule has 0 atom stereocenters. The van der Waals surface area contributed by atoms with Crippen molar-refractivity contribution in [1.29, 1.82) is 0 Å². The van der Waals surface area contributed by atoms with Crippen LogP contribution in [0.1, 0.15) is 44.0 Å². The average Bonchev–Trinajstić information content (AvgIpc) is 3.32. The summed E-state index contributed by atoms with van der Waals surface area (Å²) in [5.41, 5.74) is -0.139. The molecule has 6 nitrogen and oxygen atoms in total. The van der Waals surface area contributed by atoms with E-state index in [4.69, 9.17) is 9.47 Å². The van der Waals surface area contributed by atoms with Crippen molar-refractivity contribution in [3.63, 3.8) is 0 Å². The first-order chi connectivity index (χ1) is 12.1. The molecule has 1 aromatic rings. The first-order valence-electron chi connectivity index (χ1n) is 8.79. The minimum atomic E-state index is -0.515. The number of methoxy groups -OCH3 is 1. The van der Waals surface area contributed by atoms with Crippen LogP contribution in [0.4, 0.5) is 4.79 Å². The molecule has 0 N–H and O–H groups in total. The molecule has 2 amide bonds. The number of amides is 2. The number of halogens is 1. The first kappa shape index (κ1) is 19.3. The number of piperazine rings is 1. The second kappa shape index (κ2) is 6.90. The van der Waals surface area contributed by atoms with Gasteiger partial charge in [0.15, 0.2) is 0 Å². The molecule has 1 aliphatic carbocycles. The summed E-state index contributed by atoms with van der Waals surface area (Å²) in [6, 6.07) is 5.52. The number of hydrogen-bond donors (Lipinski definition) is 0. The van der Waals surface area contributed by atoms with Gasteiger partial charge in [-0.3, -0.25) is 4.79 Å². The van der Waals surface area contributed by atoms with E-state index < -0.39 is 5.60 Å². The number of ether oxygens (including phenoxy) is 2. The fraction of sp³-hybridized carbons (Fsp3) is 0.579. The van der Waals surface area contributed by atoms with Crippen molar-refractivity contribution < 1.29 is 19.1 Å². The molecular formula is C19H25IN2O4. The highest BCUT2D eigenvalue weighted by molar-refractivity contribution is 14.1. The summed E-state index contributed by atoms with van der Waals surface area (Å²) in [4.78, 5) is 29.1. The molecule has 0 unspecified atom stereocenters. The SMILES string of the molecule is COc1cc(C(=O)N2CCN(C(=O)OC(C)(C)C)CC23CC3)ccc1I. The Morgan fingerprint density at radius 2 is 1.88 bits per heavy atom. The third-order valence-electron chi connectivity index (χ3n) is 4.77. The van der Waals surface area contributed by atoms with Gasteiger partial charge in [0.1, 0.15) is 11.4 Å². The molecule has 1 saturated heterocycles. The molecule has 2 fully saturated rings. The molecule has 26 heavy (non-hydrogen) atoms. The molecule has 1 spiro atoms. The van der Waals surface area contributed by atoms with E-state index in [0.29, 0.717) is 30.9 Å². The van der Waals surface area contributed by atoms with Crippen molar-refractivity contribution in [2.75, 3.05) is 26.7 Å². The van der Waals surface area contributed by atoms with E-state index >= 15 is 0 Å². The minimum Gasteiger partial charge on any atom is -0.496 e. The Morgan fingerprint density at radius 1 is 1.19 bits per heavy atom. The van der Waals surface area contributed by atoms with Crippen LogP contribution in [0.2, 0.25) is 0 Å². The van der Waals surface area contributed by atoms with Crippen LogP contribution >= 0.6 is 22.6 Å². The lowest BCUT2D eigenvalue weighted by Crippen LogP contribution is -2.58. The number of benzene rings is 1. The van der Waals surface area contributed by atoms with E-state index in [9.17, 15) is 9.59 Å². The standard InChI is InChI=1S/C19H25IN2O4/c1-18(2,3)26-17(24)21-9-10-22(19(12-21)7-8-19)16(23)13-5-6-14(20)15(11-13)25-4/h5-6,11H,7-10,12H2,1-4H3. The average molecular weight is 472 g/mol. The van der Waals surface area contributed by atoms with Gasteiger partial charge < -0.3 is 19.3 Å². The lowest BCUT2D eigenvalue weighted by atomic mass is 10.1. The van der Waals surface area contributed by atoms with Crippen molar-refractivity contribution in [1.82, 2.24) is 9.80 Å². The Labute approximate surface area is 167 Å². The predicted octanol–water partition coefficient (Wildman–Crippen LogP) is 3.53. The Morgan fingerprint density at radius 3 is 2.46 bits per heavy atom. The second-order valence-electron chi connectivity index (χ2n) is 7.93. The maximum Gasteiger partial charge on any atom is 0.410 e. The zero-order valence-corrected chi connectivity index (χ0v) is 17.8. The quantitative estimate of drug-likeness (QED) is 0.619. The summed E-state index contributed by atoms with van der Waals surface area (Å²) >= 11 is 2.19. The van der Waals surface area contributed by atoms with Gasteiger partial charge >= 0.3 is 6.09 Å². The molecule has 1 saturated carbocycles. The van der Waals surface area contributed by atoms with Crippen molar-refractivity contribution in [2.24, 2.45) is 0 Å². The van der Waals surface area contributed by atoms with Gasteiger partial charge in [-0.25, -0.2) is 4.79 Å². The van der Waals surface area contributed by atoms with Gasteiger partial charge in [-0.1, -0.05) is 0 Å². The van der Waals surface area contributed by atoms with Crippen LogP contribution in [-0.4, -0.2) is 59.7 Å². The zero-order valence-electron chi connectivity index (χ0n) is 15.7. The molecule has 0 aromatic heterocycles. The van der Waals surface area contributed by atoms with Crippen molar-refractivity contribution >= 4 is 34.6 Å². The Kier molecular flexibility index (Phi) is 5.11. The molecule has 142 valence electrons. The summed E-state index contributed by atoms with van der Waals surface area (Å²) in [6.45, 7) is 7.14. The van der Waals surface area contributed by atoms with Crippen LogP contribution in [0.5, 0.6) is 5.75 Å². The summed E-state index contributed by atoms with van der Waals surface area (Å²) in [5.74, 6) is 0.703. The predicted molar refractivity (Wildman–Crippen MR) is 107 cm³/mol. The summed E-state index contributed by atoms with van der Waals surface area (Å²) < 4.78 is 11.8. The summed E-state index contributed by atoms with van der Waals surface area (Å²) in [6.07, 6.45) is 1.53. The third-order valence-corrected chi connectivity index (χ3v) is 5.66. The van der Waals surface area contributed by atoms with Gasteiger partial charge in [-0.2, -0.15) is 0 Å². The smallest absolute Gasteiger partial charge is 0.410 e. The number of hydrogen-bond acceptors (Lipinski definition) is 4. The molecule has 1 aromatic carbocycles. The van der Waals surface area contributed by atoms with E-state index in [1.54, 1.807) is 18.1 Å². The maximum atomic E-state index is 13.1. The largest absolute Gasteiger partial charge is 0.496 e. The highest BCUT2D eigenvalue weighted by atomic mass is 127. The molecule has 2 aliphatic rings. The van der Waals surface area contributed by atoms with Gasteiger partial charge in [-0.05, 0) is 74.4 Å². The lowest BCUT2D eigenvalue weighted by Gasteiger charge is -2.42. The number of nitrogens with zero attached hydrogens (tertiary/aromatic N) is 2. The monoisotopic (exact) mass is 472 g/mol. The molecule has 0 radical (unpaired) electrons. The van der Waals surface area contributed by atoms with E-state index in [1.807, 2.05) is 37.8 Å². The van der Waals surface area contributed by atoms with Crippen LogP contribution in [-0.2, 0) is 4.74 Å². The van der Waals surface area contributed by atoms with E-state index in [1.165, 1.54) is 0 Å². The van der Waals surface area contributed by atoms with Crippen LogP contribution in [0.15, 0.2) is 18.2 Å². The van der Waals surface area contributed by atoms with Crippen LogP contribution in [0.25, 0.3) is 0 Å². The van der Waals surface area contributed by atoms with E-state index in [-0.39, 0.29) is 17.5 Å². The molecule has 1 heterocycles. The number of rotatable bonds is 2. The van der Waals surface area contributed by atoms with Gasteiger partial charge in [0, 0.05) is 25.2 Å². The van der Waals surface area contributed by atoms with E-state index in [2.05, 4.69) is 22.6 Å². The third kappa shape index (κ3) is 3.92. The fourth-order valence-electron chi connectivity index (χ4n) is 3.30. The van der Waals surface area contributed by atoms with Gasteiger partial charge in [0.05, 0.1) is 16.2 Å². The number of carbonyl (C=O) groups is 2. The minimum absolute atomic E-state index is 0.000962. The van der Waals surface area contributed by atoms with Crippen LogP contribution in [0, 0.1) is 3.57 Å². The summed E-state index contributed by atoms with van der Waals surface area (Å²) in [7, 11) is 1.60. The fourth-order valence-corrected chi connectivity index (χ4v) is 3.85. The lowest BCUT2D eigenvalue weighted by molar-refractivity contribution is 0.000632. The van der Waals surface area contributed by atoms with Crippen LogP contribution < -0.4 is 4.74 Å². The van der Waals surface area contributed by atoms with E-state index in [0.717, 1.165) is 16.4 Å². The first-order valence-corrected chi connectivity index (χ1v) is 9.86. The van der Waals surface area contributed by atoms with Crippen molar-refractivity contribution in [2.45, 2.75) is 44.8 Å².